The van der Waals surface area contributed by atoms with Gasteiger partial charge in [0.25, 0.3) is 5.56 Å². The lowest BCUT2D eigenvalue weighted by Gasteiger charge is -2.10. The highest BCUT2D eigenvalue weighted by molar-refractivity contribution is 7.15. The number of thiophene rings is 1. The summed E-state index contributed by atoms with van der Waals surface area (Å²) in [5.74, 6) is -0.704. The molecule has 1 N–H and O–H groups in total. The number of nitrogens with zero attached hydrogens (tertiary/aromatic N) is 3. The van der Waals surface area contributed by atoms with Crippen molar-refractivity contribution in [3.8, 4) is 21.9 Å². The molecule has 0 aliphatic carbocycles. The van der Waals surface area contributed by atoms with Crippen LogP contribution in [0.1, 0.15) is 10.6 Å². The van der Waals surface area contributed by atoms with Gasteiger partial charge in [0, 0.05) is 17.0 Å². The van der Waals surface area contributed by atoms with Crippen LogP contribution in [0.25, 0.3) is 21.9 Å². The number of carbonyl (C=O) groups is 1. The molecule has 0 spiro atoms. The normalized spacial score (nSPS) is 10.9. The van der Waals surface area contributed by atoms with Crippen molar-refractivity contribution in [2.45, 2.75) is 20.4 Å². The van der Waals surface area contributed by atoms with Gasteiger partial charge >= 0.3 is 0 Å². The lowest BCUT2D eigenvalue weighted by molar-refractivity contribution is -0.117. The van der Waals surface area contributed by atoms with Crippen molar-refractivity contribution >= 4 is 22.9 Å². The fourth-order valence-electron chi connectivity index (χ4n) is 2.91. The van der Waals surface area contributed by atoms with Crippen LogP contribution in [0.5, 0.6) is 0 Å². The Hall–Kier alpha value is -3.59. The monoisotopic (exact) mass is 424 g/mol. The standard InChI is InChI=1S/C21H17FN4O3S/c1-12-9-17(29-25-12)14-10-20(28)26(24-21(14)18-8-7-13(2)30-18)11-19(27)23-16-6-4-3-5-15(16)22/h3-10H,11H2,1-2H3,(H,23,27). The molecule has 0 aliphatic rings. The molecule has 1 aromatic carbocycles. The first-order valence-electron chi connectivity index (χ1n) is 9.08. The predicted molar refractivity (Wildman–Crippen MR) is 112 cm³/mol. The molecular weight excluding hydrogens is 407 g/mol. The van der Waals surface area contributed by atoms with Gasteiger partial charge in [-0.05, 0) is 38.1 Å². The van der Waals surface area contributed by atoms with E-state index in [9.17, 15) is 14.0 Å². The Morgan fingerprint density at radius 2 is 2.00 bits per heavy atom. The van der Waals surface area contributed by atoms with Gasteiger partial charge in [-0.3, -0.25) is 9.59 Å². The van der Waals surface area contributed by atoms with E-state index in [2.05, 4.69) is 15.6 Å². The fraction of sp³-hybridized carbons (Fsp3) is 0.143. The fourth-order valence-corrected chi connectivity index (χ4v) is 3.78. The Balaban J connectivity index is 1.71. The van der Waals surface area contributed by atoms with Gasteiger partial charge in [-0.25, -0.2) is 9.07 Å². The number of aryl methyl sites for hydroxylation is 2. The first kappa shape index (κ1) is 19.7. The number of hydrogen-bond acceptors (Lipinski definition) is 6. The molecule has 1 amide bonds. The maximum Gasteiger partial charge on any atom is 0.268 e. The molecule has 0 aliphatic heterocycles. The number of para-hydroxylation sites is 1. The number of aromatic nitrogens is 3. The Labute approximate surface area is 174 Å². The molecule has 0 fully saturated rings. The lowest BCUT2D eigenvalue weighted by atomic mass is 10.1. The first-order chi connectivity index (χ1) is 14.4. The number of benzene rings is 1. The second-order valence-corrected chi connectivity index (χ2v) is 7.96. The number of hydrogen-bond donors (Lipinski definition) is 1. The third-order valence-corrected chi connectivity index (χ3v) is 5.31. The van der Waals surface area contributed by atoms with Crippen molar-refractivity contribution < 1.29 is 13.7 Å². The van der Waals surface area contributed by atoms with E-state index in [0.29, 0.717) is 22.7 Å². The van der Waals surface area contributed by atoms with Gasteiger partial charge < -0.3 is 9.84 Å². The van der Waals surface area contributed by atoms with E-state index in [4.69, 9.17) is 4.52 Å². The largest absolute Gasteiger partial charge is 0.356 e. The summed E-state index contributed by atoms with van der Waals surface area (Å²) in [7, 11) is 0. The molecular formula is C21H17FN4O3S. The van der Waals surface area contributed by atoms with Gasteiger partial charge in [-0.15, -0.1) is 11.3 Å². The topological polar surface area (TPSA) is 90.0 Å². The molecule has 7 nitrogen and oxygen atoms in total. The SMILES string of the molecule is Cc1cc(-c2cc(=O)n(CC(=O)Nc3ccccc3F)nc2-c2ccc(C)s2)on1. The zero-order valence-corrected chi connectivity index (χ0v) is 17.0. The Kier molecular flexibility index (Phi) is 5.28. The maximum atomic E-state index is 13.8. The molecule has 4 rings (SSSR count). The number of amides is 1. The molecule has 0 bridgehead atoms. The Morgan fingerprint density at radius 1 is 1.20 bits per heavy atom. The molecule has 0 saturated carbocycles. The molecule has 30 heavy (non-hydrogen) atoms. The highest BCUT2D eigenvalue weighted by Gasteiger charge is 2.19. The van der Waals surface area contributed by atoms with Crippen molar-refractivity contribution in [2.24, 2.45) is 0 Å². The van der Waals surface area contributed by atoms with Crippen LogP contribution in [0.15, 0.2) is 57.8 Å². The van der Waals surface area contributed by atoms with Crippen LogP contribution in [0.3, 0.4) is 0 Å². The predicted octanol–water partition coefficient (Wildman–Crippen LogP) is 4.02. The van der Waals surface area contributed by atoms with Crippen LogP contribution in [-0.4, -0.2) is 20.8 Å². The van der Waals surface area contributed by atoms with Crippen LogP contribution in [0, 0.1) is 19.7 Å². The number of nitrogens with one attached hydrogen (secondary N) is 1. The lowest BCUT2D eigenvalue weighted by Crippen LogP contribution is -2.30. The summed E-state index contributed by atoms with van der Waals surface area (Å²) in [4.78, 5) is 26.9. The summed E-state index contributed by atoms with van der Waals surface area (Å²) in [5.41, 5.74) is 1.22. The number of carbonyl (C=O) groups excluding carboxylic acids is 1. The van der Waals surface area contributed by atoms with Crippen LogP contribution < -0.4 is 10.9 Å². The molecule has 0 saturated heterocycles. The van der Waals surface area contributed by atoms with Gasteiger partial charge in [0.05, 0.1) is 21.8 Å². The minimum Gasteiger partial charge on any atom is -0.356 e. The molecule has 3 aromatic heterocycles. The van der Waals surface area contributed by atoms with E-state index < -0.39 is 17.3 Å². The summed E-state index contributed by atoms with van der Waals surface area (Å²) in [6.45, 7) is 3.38. The van der Waals surface area contributed by atoms with Crippen LogP contribution in [0.4, 0.5) is 10.1 Å². The molecule has 0 atom stereocenters. The van der Waals surface area contributed by atoms with Gasteiger partial charge in [0.1, 0.15) is 18.1 Å². The van der Waals surface area contributed by atoms with E-state index in [0.717, 1.165) is 14.4 Å². The second-order valence-electron chi connectivity index (χ2n) is 6.67. The van der Waals surface area contributed by atoms with Crippen molar-refractivity contribution in [1.82, 2.24) is 14.9 Å². The Bertz CT molecular complexity index is 1290. The second kappa shape index (κ2) is 8.03. The minimum absolute atomic E-state index is 0.0402. The summed E-state index contributed by atoms with van der Waals surface area (Å²) < 4.78 is 20.2. The zero-order valence-electron chi connectivity index (χ0n) is 16.2. The first-order valence-corrected chi connectivity index (χ1v) is 9.89. The van der Waals surface area contributed by atoms with Crippen molar-refractivity contribution in [3.63, 3.8) is 0 Å². The highest BCUT2D eigenvalue weighted by atomic mass is 32.1. The van der Waals surface area contributed by atoms with Gasteiger partial charge in [-0.2, -0.15) is 5.10 Å². The smallest absolute Gasteiger partial charge is 0.268 e. The van der Waals surface area contributed by atoms with Crippen molar-refractivity contribution in [2.75, 3.05) is 5.32 Å². The number of rotatable bonds is 5. The molecule has 3 heterocycles. The van der Waals surface area contributed by atoms with E-state index in [-0.39, 0.29) is 12.2 Å². The summed E-state index contributed by atoms with van der Waals surface area (Å²) in [6.07, 6.45) is 0. The third-order valence-electron chi connectivity index (χ3n) is 4.31. The van der Waals surface area contributed by atoms with Gasteiger partial charge in [-0.1, -0.05) is 17.3 Å². The molecule has 0 radical (unpaired) electrons. The van der Waals surface area contributed by atoms with Crippen molar-refractivity contribution in [1.29, 1.82) is 0 Å². The molecule has 4 aromatic rings. The molecule has 0 unspecified atom stereocenters. The average molecular weight is 424 g/mol. The maximum absolute atomic E-state index is 13.8. The minimum atomic E-state index is -0.564. The van der Waals surface area contributed by atoms with E-state index in [1.54, 1.807) is 19.1 Å². The van der Waals surface area contributed by atoms with Crippen molar-refractivity contribution in [3.05, 3.63) is 75.3 Å². The average Bonchev–Trinajstić information content (AvgIpc) is 3.33. The van der Waals surface area contributed by atoms with Gasteiger partial charge in [0.15, 0.2) is 5.76 Å². The van der Waals surface area contributed by atoms with E-state index in [1.165, 1.54) is 35.6 Å². The zero-order chi connectivity index (χ0) is 21.3. The van der Waals surface area contributed by atoms with E-state index in [1.807, 2.05) is 19.1 Å². The summed E-state index contributed by atoms with van der Waals surface area (Å²) in [6, 6.07) is 12.7. The quantitative estimate of drug-likeness (QED) is 0.523. The Morgan fingerprint density at radius 3 is 2.67 bits per heavy atom. The number of anilines is 1. The third kappa shape index (κ3) is 4.06. The van der Waals surface area contributed by atoms with E-state index >= 15 is 0 Å². The summed E-state index contributed by atoms with van der Waals surface area (Å²) in [5, 5.41) is 10.8. The van der Waals surface area contributed by atoms with Crippen LogP contribution in [0.2, 0.25) is 0 Å². The van der Waals surface area contributed by atoms with Gasteiger partial charge in [0.2, 0.25) is 5.91 Å². The molecule has 9 heteroatoms. The van der Waals surface area contributed by atoms with Crippen LogP contribution >= 0.6 is 11.3 Å². The highest BCUT2D eigenvalue weighted by Crippen LogP contribution is 2.33. The van der Waals surface area contributed by atoms with Crippen LogP contribution in [-0.2, 0) is 11.3 Å². The number of halogens is 1. The summed E-state index contributed by atoms with van der Waals surface area (Å²) >= 11 is 1.50. The molecule has 152 valence electrons.